The van der Waals surface area contributed by atoms with Crippen LogP contribution >= 0.6 is 40.7 Å². The predicted octanol–water partition coefficient (Wildman–Crippen LogP) is 5.05. The van der Waals surface area contributed by atoms with Gasteiger partial charge in [0.15, 0.2) is 0 Å². The van der Waals surface area contributed by atoms with E-state index in [1.54, 1.807) is 0 Å². The maximum atomic E-state index is 3.70. The normalized spacial score (nSPS) is 15.4. The van der Waals surface area contributed by atoms with E-state index in [2.05, 4.69) is 80.7 Å². The molecule has 24 heavy (non-hydrogen) atoms. The van der Waals surface area contributed by atoms with Gasteiger partial charge in [-0.3, -0.25) is 4.90 Å². The van der Waals surface area contributed by atoms with Gasteiger partial charge in [0.25, 0.3) is 0 Å². The quantitative estimate of drug-likeness (QED) is 0.712. The van der Waals surface area contributed by atoms with Crippen molar-refractivity contribution in [2.24, 2.45) is 0 Å². The van der Waals surface area contributed by atoms with Crippen LogP contribution in [-0.4, -0.2) is 24.0 Å². The molecule has 0 atom stereocenters. The molecule has 5 heteroatoms. The first-order valence-corrected chi connectivity index (χ1v) is 8.83. The number of halogens is 3. The van der Waals surface area contributed by atoms with Crippen molar-refractivity contribution in [2.75, 3.05) is 13.1 Å². The highest BCUT2D eigenvalue weighted by molar-refractivity contribution is 9.10. The highest BCUT2D eigenvalue weighted by atomic mass is 79.9. The third-order valence-electron chi connectivity index (χ3n) is 4.34. The van der Waals surface area contributed by atoms with Crippen LogP contribution in [-0.2, 0) is 13.1 Å². The maximum Gasteiger partial charge on any atom is 0.0233 e. The molecule has 0 unspecified atom stereocenters. The monoisotopic (exact) mass is 430 g/mol. The number of rotatable bonds is 5. The second kappa shape index (κ2) is 11.1. The van der Waals surface area contributed by atoms with Gasteiger partial charge in [-0.15, -0.1) is 24.8 Å². The Morgan fingerprint density at radius 2 is 1.50 bits per heavy atom. The second-order valence-corrected chi connectivity index (χ2v) is 6.96. The number of piperidine rings is 1. The molecule has 1 heterocycles. The molecule has 2 aromatic rings. The van der Waals surface area contributed by atoms with E-state index >= 15 is 0 Å². The van der Waals surface area contributed by atoms with Crippen LogP contribution in [0.2, 0.25) is 0 Å². The van der Waals surface area contributed by atoms with Crippen molar-refractivity contribution in [3.63, 3.8) is 0 Å². The number of benzene rings is 2. The lowest BCUT2D eigenvalue weighted by Gasteiger charge is -2.32. The van der Waals surface area contributed by atoms with Gasteiger partial charge in [0.05, 0.1) is 0 Å². The predicted molar refractivity (Wildman–Crippen MR) is 110 cm³/mol. The summed E-state index contributed by atoms with van der Waals surface area (Å²) in [5.41, 5.74) is 2.78. The first-order valence-electron chi connectivity index (χ1n) is 8.04. The zero-order valence-electron chi connectivity index (χ0n) is 13.7. The maximum absolute atomic E-state index is 3.70. The van der Waals surface area contributed by atoms with Crippen molar-refractivity contribution in [3.05, 3.63) is 70.2 Å². The number of hydrogen-bond acceptors (Lipinski definition) is 2. The molecule has 0 bridgehead atoms. The summed E-state index contributed by atoms with van der Waals surface area (Å²) in [5.74, 6) is 0. The Labute approximate surface area is 166 Å². The van der Waals surface area contributed by atoms with Crippen molar-refractivity contribution >= 4 is 40.7 Å². The van der Waals surface area contributed by atoms with Crippen molar-refractivity contribution in [1.29, 1.82) is 0 Å². The fraction of sp³-hybridized carbons (Fsp3) is 0.368. The van der Waals surface area contributed by atoms with Crippen LogP contribution in [0.3, 0.4) is 0 Å². The van der Waals surface area contributed by atoms with Crippen LogP contribution in [0.5, 0.6) is 0 Å². The van der Waals surface area contributed by atoms with E-state index in [4.69, 9.17) is 0 Å². The largest absolute Gasteiger partial charge is 0.310 e. The lowest BCUT2D eigenvalue weighted by atomic mass is 10.0. The average Bonchev–Trinajstić information content (AvgIpc) is 2.57. The summed E-state index contributed by atoms with van der Waals surface area (Å²) in [6.07, 6.45) is 2.48. The first kappa shape index (κ1) is 21.5. The Balaban J connectivity index is 0.00000144. The van der Waals surface area contributed by atoms with Gasteiger partial charge in [0.1, 0.15) is 0 Å². The van der Waals surface area contributed by atoms with Gasteiger partial charge in [-0.25, -0.2) is 0 Å². The highest BCUT2D eigenvalue weighted by Crippen LogP contribution is 2.15. The molecule has 0 spiro atoms. The zero-order valence-corrected chi connectivity index (χ0v) is 16.9. The van der Waals surface area contributed by atoms with E-state index in [0.717, 1.165) is 17.6 Å². The van der Waals surface area contributed by atoms with Crippen molar-refractivity contribution in [1.82, 2.24) is 10.2 Å². The molecule has 3 rings (SSSR count). The molecule has 132 valence electrons. The molecule has 0 aliphatic carbocycles. The summed E-state index contributed by atoms with van der Waals surface area (Å²) in [5, 5.41) is 3.70. The summed E-state index contributed by atoms with van der Waals surface area (Å²) in [6, 6.07) is 20.0. The summed E-state index contributed by atoms with van der Waals surface area (Å²) >= 11 is 3.48. The van der Waals surface area contributed by atoms with E-state index in [9.17, 15) is 0 Å². The molecule has 0 aromatic heterocycles. The van der Waals surface area contributed by atoms with Crippen molar-refractivity contribution in [3.8, 4) is 0 Å². The minimum atomic E-state index is 0. The van der Waals surface area contributed by atoms with Gasteiger partial charge < -0.3 is 5.32 Å². The topological polar surface area (TPSA) is 15.3 Å². The molecule has 1 N–H and O–H groups in total. The van der Waals surface area contributed by atoms with Crippen molar-refractivity contribution in [2.45, 2.75) is 32.0 Å². The fourth-order valence-electron chi connectivity index (χ4n) is 3.00. The van der Waals surface area contributed by atoms with E-state index in [-0.39, 0.29) is 24.8 Å². The van der Waals surface area contributed by atoms with Crippen LogP contribution in [0.25, 0.3) is 0 Å². The minimum Gasteiger partial charge on any atom is -0.310 e. The molecule has 2 aromatic carbocycles. The molecular formula is C19H25BrCl2N2. The lowest BCUT2D eigenvalue weighted by Crippen LogP contribution is -2.41. The zero-order chi connectivity index (χ0) is 15.2. The van der Waals surface area contributed by atoms with Gasteiger partial charge in [-0.2, -0.15) is 0 Å². The smallest absolute Gasteiger partial charge is 0.0233 e. The van der Waals surface area contributed by atoms with Crippen LogP contribution in [0, 0.1) is 0 Å². The van der Waals surface area contributed by atoms with Gasteiger partial charge in [0, 0.05) is 23.6 Å². The van der Waals surface area contributed by atoms with E-state index in [0.29, 0.717) is 6.04 Å². The lowest BCUT2D eigenvalue weighted by molar-refractivity contribution is 0.190. The summed E-state index contributed by atoms with van der Waals surface area (Å²) in [4.78, 5) is 2.56. The van der Waals surface area contributed by atoms with Gasteiger partial charge in [-0.05, 0) is 49.2 Å². The fourth-order valence-corrected chi connectivity index (χ4v) is 3.27. The Morgan fingerprint density at radius 1 is 0.875 bits per heavy atom. The number of hydrogen-bond donors (Lipinski definition) is 1. The van der Waals surface area contributed by atoms with E-state index in [1.165, 1.54) is 37.1 Å². The van der Waals surface area contributed by atoms with Gasteiger partial charge in [-0.1, -0.05) is 58.4 Å². The van der Waals surface area contributed by atoms with E-state index < -0.39 is 0 Å². The number of nitrogens with one attached hydrogen (secondary N) is 1. The third kappa shape index (κ3) is 6.73. The molecule has 0 radical (unpaired) electrons. The van der Waals surface area contributed by atoms with Gasteiger partial charge >= 0.3 is 0 Å². The summed E-state index contributed by atoms with van der Waals surface area (Å²) in [6.45, 7) is 4.43. The van der Waals surface area contributed by atoms with E-state index in [1.807, 2.05) is 0 Å². The van der Waals surface area contributed by atoms with Crippen molar-refractivity contribution < 1.29 is 0 Å². The first-order chi connectivity index (χ1) is 10.8. The number of likely N-dealkylation sites (tertiary alicyclic amines) is 1. The Morgan fingerprint density at radius 3 is 2.12 bits per heavy atom. The minimum absolute atomic E-state index is 0. The Bertz CT molecular complexity index is 570. The SMILES string of the molecule is Brc1ccc(CNC2CCN(Cc3ccccc3)CC2)cc1.Cl.Cl. The average molecular weight is 432 g/mol. The van der Waals surface area contributed by atoms with Crippen LogP contribution in [0.15, 0.2) is 59.1 Å². The summed E-state index contributed by atoms with van der Waals surface area (Å²) in [7, 11) is 0. The molecule has 0 amide bonds. The Kier molecular flexibility index (Phi) is 9.94. The third-order valence-corrected chi connectivity index (χ3v) is 4.87. The van der Waals surface area contributed by atoms with Crippen LogP contribution in [0.1, 0.15) is 24.0 Å². The molecule has 1 aliphatic heterocycles. The molecule has 0 saturated carbocycles. The summed E-state index contributed by atoms with van der Waals surface area (Å²) < 4.78 is 1.14. The van der Waals surface area contributed by atoms with Crippen LogP contribution in [0.4, 0.5) is 0 Å². The highest BCUT2D eigenvalue weighted by Gasteiger charge is 2.18. The second-order valence-electron chi connectivity index (χ2n) is 6.04. The Hall–Kier alpha value is -0.580. The standard InChI is InChI=1S/C19H23BrN2.2ClH/c20-18-8-6-16(7-9-18)14-21-19-10-12-22(13-11-19)15-17-4-2-1-3-5-17;;/h1-9,19,21H,10-15H2;2*1H. The molecule has 1 saturated heterocycles. The molecular weight excluding hydrogens is 407 g/mol. The molecule has 2 nitrogen and oxygen atoms in total. The van der Waals surface area contributed by atoms with Gasteiger partial charge in [0.2, 0.25) is 0 Å². The molecule has 1 fully saturated rings. The van der Waals surface area contributed by atoms with Crippen LogP contribution < -0.4 is 5.32 Å². The number of nitrogens with zero attached hydrogens (tertiary/aromatic N) is 1. The molecule has 1 aliphatic rings.